The fourth-order valence-corrected chi connectivity index (χ4v) is 2.82. The summed E-state index contributed by atoms with van der Waals surface area (Å²) in [6.45, 7) is 3.83. The average Bonchev–Trinajstić information content (AvgIpc) is 2.88. The molecule has 0 amide bonds. The molecule has 3 rings (SSSR count). The van der Waals surface area contributed by atoms with Crippen LogP contribution in [0.1, 0.15) is 25.0 Å². The minimum absolute atomic E-state index is 0.302. The van der Waals surface area contributed by atoms with Crippen molar-refractivity contribution in [1.29, 1.82) is 0 Å². The molecule has 2 aromatic carbocycles. The molecule has 1 atom stereocenters. The van der Waals surface area contributed by atoms with Crippen molar-refractivity contribution in [3.63, 3.8) is 0 Å². The number of fused-ring (bicyclic) bond motifs is 1. The molecule has 0 N–H and O–H groups in total. The van der Waals surface area contributed by atoms with E-state index in [-0.39, 0.29) is 0 Å². The van der Waals surface area contributed by atoms with Gasteiger partial charge in [0.1, 0.15) is 11.5 Å². The van der Waals surface area contributed by atoms with E-state index in [2.05, 4.69) is 0 Å². The van der Waals surface area contributed by atoms with Crippen molar-refractivity contribution in [2.24, 2.45) is 0 Å². The molecule has 0 aliphatic carbocycles. The quantitative estimate of drug-likeness (QED) is 0.799. The maximum Gasteiger partial charge on any atom is 0.354 e. The van der Waals surface area contributed by atoms with Gasteiger partial charge in [-0.05, 0) is 37.6 Å². The number of ether oxygens (including phenoxy) is 3. The van der Waals surface area contributed by atoms with E-state index in [1.807, 2.05) is 48.5 Å². The number of methoxy groups -OCH3 is 1. The number of hydrogen-bond donors (Lipinski definition) is 0. The highest BCUT2D eigenvalue weighted by Gasteiger charge is 2.48. The lowest BCUT2D eigenvalue weighted by Gasteiger charge is -2.23. The molecular weight excluding hydrogens is 304 g/mol. The van der Waals surface area contributed by atoms with Crippen LogP contribution in [0.3, 0.4) is 0 Å². The minimum Gasteiger partial charge on any atom is -0.497 e. The predicted octanol–water partition coefficient (Wildman–Crippen LogP) is 3.95. The predicted molar refractivity (Wildman–Crippen MR) is 93.0 cm³/mol. The van der Waals surface area contributed by atoms with Gasteiger partial charge >= 0.3 is 5.97 Å². The molecule has 124 valence electrons. The van der Waals surface area contributed by atoms with Gasteiger partial charge in [-0.2, -0.15) is 0 Å². The summed E-state index contributed by atoms with van der Waals surface area (Å²) in [5.41, 5.74) is 1.47. The second-order valence-corrected chi connectivity index (χ2v) is 5.69. The standard InChI is InChI=1S/C20H20O4/c1-4-23-19(21)20(2)17(12-14-8-6-5-7-9-14)16-11-10-15(22-3)13-18(16)24-20/h5-13H,4H2,1-3H3/b17-12-/t20-/m0/s1. The van der Waals surface area contributed by atoms with Crippen molar-refractivity contribution in [2.45, 2.75) is 19.4 Å². The highest BCUT2D eigenvalue weighted by Crippen LogP contribution is 2.47. The summed E-state index contributed by atoms with van der Waals surface area (Å²) in [6.07, 6.45) is 1.97. The molecule has 0 aromatic heterocycles. The van der Waals surface area contributed by atoms with Crippen molar-refractivity contribution in [3.05, 3.63) is 59.7 Å². The Kier molecular flexibility index (Phi) is 4.30. The zero-order valence-corrected chi connectivity index (χ0v) is 14.0. The third kappa shape index (κ3) is 2.75. The van der Waals surface area contributed by atoms with Crippen molar-refractivity contribution in [2.75, 3.05) is 13.7 Å². The van der Waals surface area contributed by atoms with E-state index >= 15 is 0 Å². The van der Waals surface area contributed by atoms with Gasteiger partial charge in [-0.1, -0.05) is 30.3 Å². The fourth-order valence-electron chi connectivity index (χ4n) is 2.82. The Labute approximate surface area is 141 Å². The second-order valence-electron chi connectivity index (χ2n) is 5.69. The van der Waals surface area contributed by atoms with E-state index in [9.17, 15) is 4.79 Å². The molecule has 1 heterocycles. The molecule has 2 aromatic rings. The van der Waals surface area contributed by atoms with Gasteiger partial charge < -0.3 is 14.2 Å². The van der Waals surface area contributed by atoms with Gasteiger partial charge in [0.15, 0.2) is 0 Å². The van der Waals surface area contributed by atoms with Gasteiger partial charge in [-0.15, -0.1) is 0 Å². The van der Waals surface area contributed by atoms with Crippen LogP contribution in [0.4, 0.5) is 0 Å². The first-order chi connectivity index (χ1) is 11.6. The van der Waals surface area contributed by atoms with Gasteiger partial charge in [0.2, 0.25) is 5.60 Å². The average molecular weight is 324 g/mol. The molecule has 4 nitrogen and oxygen atoms in total. The smallest absolute Gasteiger partial charge is 0.354 e. The van der Waals surface area contributed by atoms with E-state index in [0.29, 0.717) is 18.1 Å². The first-order valence-corrected chi connectivity index (χ1v) is 7.90. The molecule has 0 fully saturated rings. The summed E-state index contributed by atoms with van der Waals surface area (Å²) in [5.74, 6) is 0.898. The number of benzene rings is 2. The lowest BCUT2D eigenvalue weighted by molar-refractivity contribution is -0.154. The summed E-state index contributed by atoms with van der Waals surface area (Å²) in [6, 6.07) is 15.4. The Morgan fingerprint density at radius 1 is 1.21 bits per heavy atom. The van der Waals surface area contributed by atoms with E-state index in [0.717, 1.165) is 16.7 Å². The van der Waals surface area contributed by atoms with Gasteiger partial charge in [0.05, 0.1) is 13.7 Å². The summed E-state index contributed by atoms with van der Waals surface area (Å²) >= 11 is 0. The van der Waals surface area contributed by atoms with Crippen LogP contribution in [0.2, 0.25) is 0 Å². The number of hydrogen-bond acceptors (Lipinski definition) is 4. The first kappa shape index (κ1) is 16.1. The maximum atomic E-state index is 12.6. The molecule has 0 spiro atoms. The summed E-state index contributed by atoms with van der Waals surface area (Å²) in [7, 11) is 1.60. The van der Waals surface area contributed by atoms with Gasteiger partial charge in [-0.3, -0.25) is 0 Å². The lowest BCUT2D eigenvalue weighted by Crippen LogP contribution is -2.40. The fraction of sp³-hybridized carbons (Fsp3) is 0.250. The van der Waals surface area contributed by atoms with E-state index in [1.165, 1.54) is 0 Å². The normalized spacial score (nSPS) is 20.4. The molecule has 0 bridgehead atoms. The number of carbonyl (C=O) groups excluding carboxylic acids is 1. The van der Waals surface area contributed by atoms with Crippen LogP contribution >= 0.6 is 0 Å². The summed E-state index contributed by atoms with van der Waals surface area (Å²) < 4.78 is 16.5. The second kappa shape index (κ2) is 6.40. The zero-order chi connectivity index (χ0) is 17.2. The minimum atomic E-state index is -1.18. The highest BCUT2D eigenvalue weighted by molar-refractivity contribution is 6.05. The Balaban J connectivity index is 2.13. The molecule has 24 heavy (non-hydrogen) atoms. The van der Waals surface area contributed by atoms with Gasteiger partial charge in [0.25, 0.3) is 0 Å². The number of rotatable bonds is 4. The molecule has 1 aliphatic rings. The van der Waals surface area contributed by atoms with E-state index in [1.54, 1.807) is 27.0 Å². The van der Waals surface area contributed by atoms with E-state index in [4.69, 9.17) is 14.2 Å². The highest BCUT2D eigenvalue weighted by atomic mass is 16.6. The summed E-state index contributed by atoms with van der Waals surface area (Å²) in [5, 5.41) is 0. The number of carbonyl (C=O) groups is 1. The van der Waals surface area contributed by atoms with Crippen LogP contribution < -0.4 is 9.47 Å². The molecule has 0 saturated heterocycles. The maximum absolute atomic E-state index is 12.6. The van der Waals surface area contributed by atoms with Crippen molar-refractivity contribution in [1.82, 2.24) is 0 Å². The molecule has 0 radical (unpaired) electrons. The Morgan fingerprint density at radius 3 is 2.62 bits per heavy atom. The molecular formula is C20H20O4. The largest absolute Gasteiger partial charge is 0.497 e. The van der Waals surface area contributed by atoms with Crippen LogP contribution in [0.25, 0.3) is 11.6 Å². The van der Waals surface area contributed by atoms with E-state index < -0.39 is 11.6 Å². The van der Waals surface area contributed by atoms with Crippen LogP contribution in [-0.4, -0.2) is 25.3 Å². The monoisotopic (exact) mass is 324 g/mol. The van der Waals surface area contributed by atoms with Crippen LogP contribution in [0.15, 0.2) is 48.5 Å². The molecule has 0 saturated carbocycles. The van der Waals surface area contributed by atoms with Crippen molar-refractivity contribution >= 4 is 17.6 Å². The Hall–Kier alpha value is -2.75. The zero-order valence-electron chi connectivity index (χ0n) is 14.0. The lowest BCUT2D eigenvalue weighted by atomic mass is 9.90. The number of esters is 1. The SMILES string of the molecule is CCOC(=O)[C@@]1(C)Oc2cc(OC)ccc2/C1=C/c1ccccc1. The van der Waals surface area contributed by atoms with Crippen molar-refractivity contribution in [3.8, 4) is 11.5 Å². The molecule has 4 heteroatoms. The first-order valence-electron chi connectivity index (χ1n) is 7.90. The molecule has 1 aliphatic heterocycles. The third-order valence-corrected chi connectivity index (χ3v) is 4.08. The Morgan fingerprint density at radius 2 is 1.96 bits per heavy atom. The Bertz CT molecular complexity index is 779. The van der Waals surface area contributed by atoms with Gasteiger partial charge in [-0.25, -0.2) is 4.79 Å². The molecule has 0 unspecified atom stereocenters. The van der Waals surface area contributed by atoms with Crippen molar-refractivity contribution < 1.29 is 19.0 Å². The third-order valence-electron chi connectivity index (χ3n) is 4.08. The summed E-state index contributed by atoms with van der Waals surface area (Å²) in [4.78, 5) is 12.6. The van der Waals surface area contributed by atoms with Crippen LogP contribution in [0.5, 0.6) is 11.5 Å². The van der Waals surface area contributed by atoms with Crippen LogP contribution in [0, 0.1) is 0 Å². The topological polar surface area (TPSA) is 44.8 Å². The van der Waals surface area contributed by atoms with Crippen LogP contribution in [-0.2, 0) is 9.53 Å². The van der Waals surface area contributed by atoms with Gasteiger partial charge in [0, 0.05) is 17.2 Å².